The number of fused-ring (bicyclic) bond motifs is 2. The van der Waals surface area contributed by atoms with E-state index in [1.54, 1.807) is 0 Å². The Morgan fingerprint density at radius 3 is 2.70 bits per heavy atom. The topological polar surface area (TPSA) is 29.5 Å². The van der Waals surface area contributed by atoms with Crippen LogP contribution in [0.1, 0.15) is 16.7 Å². The van der Waals surface area contributed by atoms with Gasteiger partial charge >= 0.3 is 0 Å². The van der Waals surface area contributed by atoms with Crippen molar-refractivity contribution in [2.24, 2.45) is 0 Å². The van der Waals surface area contributed by atoms with Gasteiger partial charge in [-0.1, -0.05) is 24.3 Å². The molecule has 0 atom stereocenters. The summed E-state index contributed by atoms with van der Waals surface area (Å²) in [6, 6.07) is 10.7. The molecule has 2 heterocycles. The Balaban J connectivity index is 1.86. The second-order valence-corrected chi connectivity index (χ2v) is 6.09. The normalized spacial score (nSPS) is 20.4. The monoisotopic (exact) mass is 270 g/mol. The predicted octanol–water partition coefficient (Wildman–Crippen LogP) is 2.19. The van der Waals surface area contributed by atoms with Gasteiger partial charge in [-0.05, 0) is 22.4 Å². The molecule has 0 amide bonds. The van der Waals surface area contributed by atoms with E-state index in [4.69, 9.17) is 4.74 Å². The van der Waals surface area contributed by atoms with E-state index in [0.29, 0.717) is 0 Å². The molecule has 1 saturated heterocycles. The van der Waals surface area contributed by atoms with Crippen molar-refractivity contribution in [1.29, 1.82) is 0 Å². The minimum absolute atomic E-state index is 0.139. The Bertz CT molecular complexity index is 659. The summed E-state index contributed by atoms with van der Waals surface area (Å²) in [6.07, 6.45) is 0. The van der Waals surface area contributed by atoms with Gasteiger partial charge in [0.1, 0.15) is 26.2 Å². The van der Waals surface area contributed by atoms with Gasteiger partial charge < -0.3 is 14.3 Å². The zero-order valence-corrected chi connectivity index (χ0v) is 11.6. The second kappa shape index (κ2) is 4.55. The average Bonchev–Trinajstić information content (AvgIpc) is 2.82. The lowest BCUT2D eigenvalue weighted by atomic mass is 9.96. The maximum atomic E-state index is 9.85. The third-order valence-corrected chi connectivity index (χ3v) is 4.94. The highest BCUT2D eigenvalue weighted by molar-refractivity contribution is 5.87. The largest absolute Gasteiger partial charge is 0.392 e. The molecule has 2 aliphatic heterocycles. The van der Waals surface area contributed by atoms with Gasteiger partial charge in [0.15, 0.2) is 0 Å². The Morgan fingerprint density at radius 2 is 1.90 bits per heavy atom. The molecule has 4 rings (SSSR count). The van der Waals surface area contributed by atoms with Crippen LogP contribution in [0, 0.1) is 0 Å². The molecule has 0 bridgehead atoms. The molecule has 3 heteroatoms. The summed E-state index contributed by atoms with van der Waals surface area (Å²) in [4.78, 5) is 0. The lowest BCUT2D eigenvalue weighted by molar-refractivity contribution is -0.953. The van der Waals surface area contributed by atoms with Gasteiger partial charge in [0.2, 0.25) is 0 Å². The molecule has 1 N–H and O–H groups in total. The van der Waals surface area contributed by atoms with Crippen molar-refractivity contribution in [2.75, 3.05) is 26.3 Å². The number of nitrogens with zero attached hydrogens (tertiary/aromatic N) is 1. The number of benzene rings is 2. The van der Waals surface area contributed by atoms with Gasteiger partial charge in [-0.2, -0.15) is 0 Å². The van der Waals surface area contributed by atoms with E-state index in [-0.39, 0.29) is 6.61 Å². The predicted molar refractivity (Wildman–Crippen MR) is 78.1 cm³/mol. The Kier molecular flexibility index (Phi) is 2.81. The van der Waals surface area contributed by atoms with Crippen LogP contribution in [0.4, 0.5) is 0 Å². The summed E-state index contributed by atoms with van der Waals surface area (Å²) in [5.41, 5.74) is 3.95. The Labute approximate surface area is 119 Å². The molecule has 2 aromatic rings. The third kappa shape index (κ3) is 1.78. The molecule has 0 radical (unpaired) electrons. The lowest BCUT2D eigenvalue weighted by Gasteiger charge is -2.37. The van der Waals surface area contributed by atoms with Crippen molar-refractivity contribution in [3.8, 4) is 0 Å². The van der Waals surface area contributed by atoms with Crippen LogP contribution in [-0.4, -0.2) is 35.9 Å². The smallest absolute Gasteiger partial charge is 0.106 e. The second-order valence-electron chi connectivity index (χ2n) is 6.09. The molecule has 104 valence electrons. The Hall–Kier alpha value is -1.42. The van der Waals surface area contributed by atoms with Crippen LogP contribution < -0.4 is 0 Å². The van der Waals surface area contributed by atoms with Crippen LogP contribution in [-0.2, 0) is 24.4 Å². The van der Waals surface area contributed by atoms with E-state index in [1.807, 2.05) is 0 Å². The van der Waals surface area contributed by atoms with Crippen LogP contribution in [0.25, 0.3) is 10.8 Å². The SMILES string of the molecule is OCc1c2c(cc3ccccc13)C[N+]1(CCOCC1)C2. The molecule has 1 spiro atoms. The van der Waals surface area contributed by atoms with E-state index in [9.17, 15) is 5.11 Å². The minimum atomic E-state index is 0.139. The first kappa shape index (κ1) is 12.3. The van der Waals surface area contributed by atoms with E-state index in [2.05, 4.69) is 30.3 Å². The first-order chi connectivity index (χ1) is 9.81. The third-order valence-electron chi connectivity index (χ3n) is 4.94. The van der Waals surface area contributed by atoms with Crippen LogP contribution in [0.5, 0.6) is 0 Å². The standard InChI is InChI=1S/C17H20NO2/c19-12-17-15-4-2-1-3-13(15)9-14-10-18(11-16(14)17)5-7-20-8-6-18/h1-4,9,19H,5-8,10-12H2/q+1. The van der Waals surface area contributed by atoms with E-state index >= 15 is 0 Å². The molecule has 1 fully saturated rings. The summed E-state index contributed by atoms with van der Waals surface area (Å²) in [5, 5.41) is 12.3. The summed E-state index contributed by atoms with van der Waals surface area (Å²) >= 11 is 0. The number of ether oxygens (including phenoxy) is 1. The summed E-state index contributed by atoms with van der Waals surface area (Å²) in [6.45, 7) is 6.20. The number of morpholine rings is 1. The quantitative estimate of drug-likeness (QED) is 0.805. The van der Waals surface area contributed by atoms with Crippen molar-refractivity contribution in [2.45, 2.75) is 19.7 Å². The van der Waals surface area contributed by atoms with Gasteiger partial charge in [0.25, 0.3) is 0 Å². The van der Waals surface area contributed by atoms with Crippen molar-refractivity contribution >= 4 is 10.8 Å². The van der Waals surface area contributed by atoms with Gasteiger partial charge in [-0.15, -0.1) is 0 Å². The fourth-order valence-electron chi connectivity index (χ4n) is 3.85. The Morgan fingerprint density at radius 1 is 1.10 bits per heavy atom. The number of rotatable bonds is 1. The first-order valence-electron chi connectivity index (χ1n) is 7.37. The highest BCUT2D eigenvalue weighted by atomic mass is 16.5. The fourth-order valence-corrected chi connectivity index (χ4v) is 3.85. The zero-order valence-electron chi connectivity index (χ0n) is 11.6. The fraction of sp³-hybridized carbons (Fsp3) is 0.412. The van der Waals surface area contributed by atoms with E-state index in [1.165, 1.54) is 21.9 Å². The van der Waals surface area contributed by atoms with Crippen molar-refractivity contribution in [3.63, 3.8) is 0 Å². The van der Waals surface area contributed by atoms with E-state index < -0.39 is 0 Å². The van der Waals surface area contributed by atoms with E-state index in [0.717, 1.165) is 49.4 Å². The molecule has 0 unspecified atom stereocenters. The van der Waals surface area contributed by atoms with Crippen LogP contribution in [0.2, 0.25) is 0 Å². The minimum Gasteiger partial charge on any atom is -0.392 e. The molecular weight excluding hydrogens is 250 g/mol. The van der Waals surface area contributed by atoms with Gasteiger partial charge in [-0.25, -0.2) is 0 Å². The van der Waals surface area contributed by atoms with Crippen LogP contribution >= 0.6 is 0 Å². The number of hydrogen-bond acceptors (Lipinski definition) is 2. The number of aliphatic hydroxyl groups is 1. The van der Waals surface area contributed by atoms with Crippen molar-refractivity contribution in [3.05, 3.63) is 47.0 Å². The molecular formula is C17H20NO2+. The van der Waals surface area contributed by atoms with Crippen molar-refractivity contribution < 1.29 is 14.3 Å². The molecule has 0 aliphatic carbocycles. The van der Waals surface area contributed by atoms with Crippen LogP contribution in [0.15, 0.2) is 30.3 Å². The molecule has 2 aromatic carbocycles. The average molecular weight is 270 g/mol. The van der Waals surface area contributed by atoms with Gasteiger partial charge in [0.05, 0.1) is 19.8 Å². The van der Waals surface area contributed by atoms with Gasteiger partial charge in [0, 0.05) is 11.1 Å². The number of hydrogen-bond donors (Lipinski definition) is 1. The molecule has 3 nitrogen and oxygen atoms in total. The first-order valence-corrected chi connectivity index (χ1v) is 7.37. The highest BCUT2D eigenvalue weighted by Crippen LogP contribution is 2.37. The lowest BCUT2D eigenvalue weighted by Crippen LogP contribution is -2.50. The maximum Gasteiger partial charge on any atom is 0.106 e. The number of aliphatic hydroxyl groups excluding tert-OH is 1. The van der Waals surface area contributed by atoms with Gasteiger partial charge in [-0.3, -0.25) is 0 Å². The van der Waals surface area contributed by atoms with Crippen LogP contribution in [0.3, 0.4) is 0 Å². The summed E-state index contributed by atoms with van der Waals surface area (Å²) in [5.74, 6) is 0. The summed E-state index contributed by atoms with van der Waals surface area (Å²) in [7, 11) is 0. The summed E-state index contributed by atoms with van der Waals surface area (Å²) < 4.78 is 6.63. The molecule has 0 saturated carbocycles. The molecule has 20 heavy (non-hydrogen) atoms. The number of quaternary nitrogens is 1. The zero-order chi connectivity index (χ0) is 13.6. The highest BCUT2D eigenvalue weighted by Gasteiger charge is 2.39. The maximum absolute atomic E-state index is 9.85. The molecule has 2 aliphatic rings. The molecule has 0 aromatic heterocycles. The van der Waals surface area contributed by atoms with Crippen molar-refractivity contribution in [1.82, 2.24) is 0 Å².